The number of morpholine rings is 1. The third-order valence-electron chi connectivity index (χ3n) is 9.53. The van der Waals surface area contributed by atoms with E-state index in [1.807, 2.05) is 27.9 Å². The predicted molar refractivity (Wildman–Crippen MR) is 165 cm³/mol. The number of ether oxygens (including phenoxy) is 1. The Balaban J connectivity index is 1.08. The Bertz CT molecular complexity index is 1800. The van der Waals surface area contributed by atoms with E-state index in [0.29, 0.717) is 44.2 Å². The maximum absolute atomic E-state index is 5.75. The van der Waals surface area contributed by atoms with E-state index in [1.54, 1.807) is 0 Å². The summed E-state index contributed by atoms with van der Waals surface area (Å²) in [5.74, 6) is 0. The number of benzene rings is 1. The second-order valence-corrected chi connectivity index (χ2v) is 14.1. The molecule has 1 aliphatic carbocycles. The molecule has 2 bridgehead atoms. The van der Waals surface area contributed by atoms with E-state index in [4.69, 9.17) is 24.8 Å². The normalized spacial score (nSPS) is 22.0. The van der Waals surface area contributed by atoms with Crippen LogP contribution in [0.4, 0.5) is 0 Å². The van der Waals surface area contributed by atoms with Crippen molar-refractivity contribution in [3.8, 4) is 33.8 Å². The van der Waals surface area contributed by atoms with Crippen LogP contribution in [0.25, 0.3) is 44.8 Å². The van der Waals surface area contributed by atoms with E-state index in [0.717, 1.165) is 76.6 Å². The average molecular weight is 746 g/mol. The molecule has 2 unspecified atom stereocenters. The summed E-state index contributed by atoms with van der Waals surface area (Å²) in [5.41, 5.74) is 12.2. The van der Waals surface area contributed by atoms with Crippen molar-refractivity contribution in [2.45, 2.75) is 64.1 Å². The van der Waals surface area contributed by atoms with Gasteiger partial charge in [-0.3, -0.25) is 0 Å². The molecule has 0 spiro atoms. The number of aromatic nitrogens is 5. The maximum atomic E-state index is 5.75. The molecule has 3 aliphatic rings. The first kappa shape index (κ1) is 26.6. The Kier molecular flexibility index (Phi) is 6.72. The van der Waals surface area contributed by atoms with Gasteiger partial charge in [-0.15, -0.1) is 0 Å². The zero-order valence-electron chi connectivity index (χ0n) is 24.1. The van der Waals surface area contributed by atoms with Crippen molar-refractivity contribution in [1.29, 1.82) is 0 Å². The molecule has 0 saturated carbocycles. The zero-order valence-corrected chi connectivity index (χ0v) is 28.6. The Morgan fingerprint density at radius 3 is 2.36 bits per heavy atom. The number of hydrogen-bond acceptors (Lipinski definition) is 6. The summed E-state index contributed by atoms with van der Waals surface area (Å²) in [6.45, 7) is 5.95. The van der Waals surface area contributed by atoms with Crippen LogP contribution in [0, 0.1) is 13.8 Å². The molecule has 5 aromatic rings. The topological polar surface area (TPSA) is 69.0 Å². The van der Waals surface area contributed by atoms with Gasteiger partial charge in [-0.25, -0.2) is 0 Å². The minimum absolute atomic E-state index is 0.515. The molecule has 0 N–H and O–H groups in total. The molecule has 2 saturated heterocycles. The van der Waals surface area contributed by atoms with E-state index in [2.05, 4.69) is 54.3 Å². The van der Waals surface area contributed by atoms with Crippen LogP contribution < -0.4 is 0 Å². The van der Waals surface area contributed by atoms with Crippen LogP contribution in [0.2, 0.25) is 0 Å². The zero-order chi connectivity index (χ0) is 28.4. The molecule has 7 nitrogen and oxygen atoms in total. The fraction of sp³-hybridized carbons (Fsp3) is 0.353. The summed E-state index contributed by atoms with van der Waals surface area (Å²) < 4.78 is 7.77. The predicted octanol–water partition coefficient (Wildman–Crippen LogP) is 5.49. The molecule has 8 heteroatoms. The van der Waals surface area contributed by atoms with Crippen LogP contribution in [-0.4, -0.2) is 84.8 Å². The van der Waals surface area contributed by atoms with Gasteiger partial charge in [0.1, 0.15) is 0 Å². The van der Waals surface area contributed by atoms with Gasteiger partial charge >= 0.3 is 227 Å². The molecule has 0 amide bonds. The van der Waals surface area contributed by atoms with Crippen molar-refractivity contribution in [1.82, 2.24) is 27.4 Å². The van der Waals surface area contributed by atoms with Gasteiger partial charge in [0.15, 0.2) is 0 Å². The summed E-state index contributed by atoms with van der Waals surface area (Å²) >= 11 is 0.515. The van der Waals surface area contributed by atoms with Gasteiger partial charge in [0, 0.05) is 12.1 Å². The standard InChI is InChI=1S/C34H33N6O.Tl/c1-20-3-4-21(2)37-32(20)25-9-12-31(35-16-25)33-30-14-26(17-36-34(30)39-38-33)24-6-5-22-7-10-27(11-8-23(22)13-24)40-28-15-29(40)19-41-18-28;/h3-6,9,12-14,16-17,27-29H,7-8,10-11,15,18-19H2,1-2H3;/q-1;+1/t27-,28?,29?;/m0./s1. The molecule has 3 atom stereocenters. The first-order valence-corrected chi connectivity index (χ1v) is 17.0. The van der Waals surface area contributed by atoms with Crippen molar-refractivity contribution in [2.75, 3.05) is 13.2 Å². The fourth-order valence-corrected chi connectivity index (χ4v) is 8.54. The average Bonchev–Trinajstić information content (AvgIpc) is 3.21. The first-order chi connectivity index (χ1) is 20.5. The van der Waals surface area contributed by atoms with Crippen molar-refractivity contribution in [3.63, 3.8) is 0 Å². The number of fused-ring (bicyclic) bond motifs is 4. The molecule has 6 heterocycles. The molecule has 8 rings (SSSR count). The number of nitrogens with zero attached hydrogens (tertiary/aromatic N) is 6. The second kappa shape index (κ2) is 10.6. The van der Waals surface area contributed by atoms with Crippen LogP contribution in [-0.2, 0) is 17.6 Å². The molecule has 0 radical (unpaired) electrons. The molecule has 2 aliphatic heterocycles. The van der Waals surface area contributed by atoms with Gasteiger partial charge in [-0.2, -0.15) is 0 Å². The summed E-state index contributed by atoms with van der Waals surface area (Å²) in [7, 11) is 0. The Labute approximate surface area is 262 Å². The third kappa shape index (κ3) is 4.60. The summed E-state index contributed by atoms with van der Waals surface area (Å²) in [6, 6.07) is 19.6. The van der Waals surface area contributed by atoms with E-state index >= 15 is 0 Å². The third-order valence-corrected chi connectivity index (χ3v) is 10.9. The van der Waals surface area contributed by atoms with Crippen molar-refractivity contribution in [3.05, 3.63) is 83.3 Å². The molecular formula is C34H33N6OTl. The Hall–Kier alpha value is -3.02. The van der Waals surface area contributed by atoms with Gasteiger partial charge in [0.2, 0.25) is 0 Å². The molecular weight excluding hydrogens is 713 g/mol. The van der Waals surface area contributed by atoms with Crippen molar-refractivity contribution < 1.29 is 4.74 Å². The van der Waals surface area contributed by atoms with Gasteiger partial charge < -0.3 is 4.74 Å². The first-order valence-electron chi connectivity index (χ1n) is 15.0. The second-order valence-electron chi connectivity index (χ2n) is 12.2. The van der Waals surface area contributed by atoms with E-state index < -0.39 is 0 Å². The number of rotatable bonds is 4. The SMILES string of the molecule is Cc1ccc(C)c(-c2ccc(-c3n[n]([Tl])c4ncc(-c5ccc6c(c5)CC[C@@H](N5C7COCC5C7)CC6)cc34)nc2)n1. The molecule has 208 valence electrons. The van der Waals surface area contributed by atoms with Crippen LogP contribution in [0.15, 0.2) is 60.9 Å². The van der Waals surface area contributed by atoms with Crippen molar-refractivity contribution in [2.24, 2.45) is 0 Å². The quantitative estimate of drug-likeness (QED) is 0.179. The van der Waals surface area contributed by atoms with E-state index in [9.17, 15) is 0 Å². The van der Waals surface area contributed by atoms with Gasteiger partial charge in [0.05, 0.1) is 13.2 Å². The van der Waals surface area contributed by atoms with Crippen LogP contribution in [0.5, 0.6) is 0 Å². The fourth-order valence-electron chi connectivity index (χ4n) is 7.29. The monoisotopic (exact) mass is 746 g/mol. The number of aryl methyl sites for hydroxylation is 4. The number of hydrogen-bond donors (Lipinski definition) is 0. The van der Waals surface area contributed by atoms with Crippen LogP contribution in [0.1, 0.15) is 41.6 Å². The minimum atomic E-state index is 0.515. The molecule has 1 aromatic carbocycles. The summed E-state index contributed by atoms with van der Waals surface area (Å²) in [5, 5.41) is 5.97. The van der Waals surface area contributed by atoms with Crippen LogP contribution in [0.3, 0.4) is 0 Å². The Morgan fingerprint density at radius 1 is 0.786 bits per heavy atom. The summed E-state index contributed by atoms with van der Waals surface area (Å²) in [6.07, 6.45) is 10.0. The van der Waals surface area contributed by atoms with Crippen molar-refractivity contribution >= 4 is 37.1 Å². The van der Waals surface area contributed by atoms with Gasteiger partial charge in [0.25, 0.3) is 0 Å². The van der Waals surface area contributed by atoms with Gasteiger partial charge in [-0.05, 0) is 6.42 Å². The summed E-state index contributed by atoms with van der Waals surface area (Å²) in [4.78, 5) is 17.3. The number of pyridine rings is 3. The van der Waals surface area contributed by atoms with E-state index in [-0.39, 0.29) is 0 Å². The Morgan fingerprint density at radius 2 is 1.57 bits per heavy atom. The van der Waals surface area contributed by atoms with E-state index in [1.165, 1.54) is 36.0 Å². The molecule has 4 aromatic heterocycles. The molecule has 2 fully saturated rings. The van der Waals surface area contributed by atoms with Crippen LogP contribution >= 0.6 is 0 Å². The van der Waals surface area contributed by atoms with Gasteiger partial charge in [-0.1, -0.05) is 0 Å². The molecule has 42 heavy (non-hydrogen) atoms.